The first-order valence-corrected chi connectivity index (χ1v) is 9.72. The van der Waals surface area contributed by atoms with Gasteiger partial charge in [0.2, 0.25) is 5.91 Å². The summed E-state index contributed by atoms with van der Waals surface area (Å²) in [7, 11) is 0. The van der Waals surface area contributed by atoms with Crippen LogP contribution < -0.4 is 15.4 Å². The van der Waals surface area contributed by atoms with E-state index in [9.17, 15) is 18.4 Å². The number of carbonyl (C=O) groups excluding carboxylic acids is 2. The fraction of sp³-hybridized carbons (Fsp3) is 0.300. The molecule has 2 rings (SSSR count). The van der Waals surface area contributed by atoms with Crippen LogP contribution in [0.5, 0.6) is 5.75 Å². The Labute approximate surface area is 166 Å². The zero-order chi connectivity index (χ0) is 20.4. The third-order valence-electron chi connectivity index (χ3n) is 3.66. The number of amides is 2. The molecule has 0 fully saturated rings. The van der Waals surface area contributed by atoms with E-state index in [0.717, 1.165) is 0 Å². The summed E-state index contributed by atoms with van der Waals surface area (Å²) in [6, 6.07) is 13.2. The summed E-state index contributed by atoms with van der Waals surface area (Å²) in [5.74, 6) is -2.42. The number of anilines is 1. The average molecular weight is 408 g/mol. The molecule has 2 aromatic rings. The topological polar surface area (TPSA) is 67.4 Å². The lowest BCUT2D eigenvalue weighted by atomic mass is 10.2. The highest BCUT2D eigenvalue weighted by Gasteiger charge is 2.11. The van der Waals surface area contributed by atoms with E-state index in [2.05, 4.69) is 10.6 Å². The molecule has 0 atom stereocenters. The molecule has 0 aliphatic rings. The summed E-state index contributed by atoms with van der Waals surface area (Å²) in [6.45, 7) is 2.65. The van der Waals surface area contributed by atoms with Gasteiger partial charge >= 0.3 is 0 Å². The third-order valence-corrected chi connectivity index (χ3v) is 4.38. The summed E-state index contributed by atoms with van der Waals surface area (Å²) >= 11 is 0.452. The fourth-order valence-electron chi connectivity index (χ4n) is 2.42. The summed E-state index contributed by atoms with van der Waals surface area (Å²) in [4.78, 5) is 24.6. The highest BCUT2D eigenvalue weighted by Crippen LogP contribution is 2.26. The Kier molecular flexibility index (Phi) is 8.74. The van der Waals surface area contributed by atoms with Crippen molar-refractivity contribution in [2.24, 2.45) is 0 Å². The maximum atomic E-state index is 12.3. The molecule has 0 saturated heterocycles. The zero-order valence-corrected chi connectivity index (χ0v) is 16.2. The number of nitrogens with one attached hydrogen (secondary N) is 2. The highest BCUT2D eigenvalue weighted by atomic mass is 32.2. The normalized spacial score (nSPS) is 10.6. The van der Waals surface area contributed by atoms with E-state index >= 15 is 0 Å². The van der Waals surface area contributed by atoms with Crippen molar-refractivity contribution >= 4 is 29.3 Å². The van der Waals surface area contributed by atoms with E-state index in [0.29, 0.717) is 53.2 Å². The quantitative estimate of drug-likeness (QED) is 0.447. The van der Waals surface area contributed by atoms with Gasteiger partial charge in [0.25, 0.3) is 11.7 Å². The molecular weight excluding hydrogens is 386 g/mol. The van der Waals surface area contributed by atoms with Gasteiger partial charge in [0, 0.05) is 23.5 Å². The van der Waals surface area contributed by atoms with Gasteiger partial charge in [0.15, 0.2) is 0 Å². The van der Waals surface area contributed by atoms with Crippen molar-refractivity contribution in [3.8, 4) is 5.75 Å². The van der Waals surface area contributed by atoms with Gasteiger partial charge in [-0.3, -0.25) is 9.59 Å². The first kappa shape index (κ1) is 21.7. The number of carbonyl (C=O) groups is 2. The van der Waals surface area contributed by atoms with Crippen LogP contribution in [-0.2, 0) is 4.79 Å². The molecule has 0 heterocycles. The van der Waals surface area contributed by atoms with E-state index in [1.165, 1.54) is 12.1 Å². The van der Waals surface area contributed by atoms with Crippen molar-refractivity contribution in [2.45, 2.75) is 30.4 Å². The summed E-state index contributed by atoms with van der Waals surface area (Å²) in [5.41, 5.74) is 0.994. The third kappa shape index (κ3) is 7.19. The maximum Gasteiger partial charge on any atom is 0.288 e. The van der Waals surface area contributed by atoms with Gasteiger partial charge in [-0.15, -0.1) is 0 Å². The molecule has 0 aromatic heterocycles. The first-order valence-electron chi connectivity index (χ1n) is 8.84. The number of ether oxygens (including phenoxy) is 1. The van der Waals surface area contributed by atoms with Gasteiger partial charge in [0.1, 0.15) is 5.75 Å². The van der Waals surface area contributed by atoms with Gasteiger partial charge in [-0.25, -0.2) is 0 Å². The van der Waals surface area contributed by atoms with Crippen molar-refractivity contribution < 1.29 is 23.1 Å². The van der Waals surface area contributed by atoms with Gasteiger partial charge in [-0.2, -0.15) is 8.78 Å². The number of hydrogen-bond donors (Lipinski definition) is 2. The van der Waals surface area contributed by atoms with Crippen LogP contribution in [0.2, 0.25) is 0 Å². The summed E-state index contributed by atoms with van der Waals surface area (Å²) in [6.07, 6.45) is 0.689. The second-order valence-electron chi connectivity index (χ2n) is 5.74. The maximum absolute atomic E-state index is 12.3. The number of para-hydroxylation sites is 1. The van der Waals surface area contributed by atoms with Crippen LogP contribution in [0.25, 0.3) is 0 Å². The fourth-order valence-corrected chi connectivity index (χ4v) is 2.92. The zero-order valence-electron chi connectivity index (χ0n) is 15.4. The molecule has 0 aliphatic heterocycles. The van der Waals surface area contributed by atoms with Crippen molar-refractivity contribution in [3.05, 3.63) is 54.1 Å². The molecule has 2 aromatic carbocycles. The number of hydrogen-bond acceptors (Lipinski definition) is 4. The van der Waals surface area contributed by atoms with Crippen LogP contribution in [0.15, 0.2) is 53.4 Å². The highest BCUT2D eigenvalue weighted by molar-refractivity contribution is 7.99. The second-order valence-corrected chi connectivity index (χ2v) is 6.80. The van der Waals surface area contributed by atoms with E-state index < -0.39 is 5.76 Å². The molecule has 0 bridgehead atoms. The molecule has 0 saturated carbocycles. The van der Waals surface area contributed by atoms with Crippen LogP contribution in [0.4, 0.5) is 14.5 Å². The predicted octanol–water partition coefficient (Wildman–Crippen LogP) is 4.55. The Hall–Kier alpha value is -2.61. The Balaban J connectivity index is 1.73. The molecular formula is C20H22F2N2O3S. The Morgan fingerprint density at radius 2 is 1.82 bits per heavy atom. The van der Waals surface area contributed by atoms with Gasteiger partial charge in [0.05, 0.1) is 12.2 Å². The van der Waals surface area contributed by atoms with E-state index in [4.69, 9.17) is 4.74 Å². The Morgan fingerprint density at radius 3 is 2.50 bits per heavy atom. The molecule has 0 unspecified atom stereocenters. The lowest BCUT2D eigenvalue weighted by Gasteiger charge is -2.10. The van der Waals surface area contributed by atoms with Crippen LogP contribution in [-0.4, -0.2) is 30.7 Å². The monoisotopic (exact) mass is 408 g/mol. The minimum absolute atomic E-state index is 0.210. The summed E-state index contributed by atoms with van der Waals surface area (Å²) in [5, 5.41) is 5.47. The van der Waals surface area contributed by atoms with Crippen LogP contribution in [0, 0.1) is 0 Å². The number of rotatable bonds is 10. The van der Waals surface area contributed by atoms with E-state index in [1.807, 2.05) is 6.92 Å². The second kappa shape index (κ2) is 11.3. The molecule has 0 aliphatic carbocycles. The molecule has 28 heavy (non-hydrogen) atoms. The molecule has 5 nitrogen and oxygen atoms in total. The number of halogens is 2. The van der Waals surface area contributed by atoms with Crippen LogP contribution >= 0.6 is 11.8 Å². The predicted molar refractivity (Wildman–Crippen MR) is 106 cm³/mol. The molecule has 2 N–H and O–H groups in total. The SMILES string of the molecule is CCOc1ccccc1C(=O)NCCCC(=O)Nc1ccc(SC(F)F)cc1. The molecule has 0 spiro atoms. The number of thioether (sulfide) groups is 1. The minimum Gasteiger partial charge on any atom is -0.493 e. The Morgan fingerprint density at radius 1 is 1.11 bits per heavy atom. The largest absolute Gasteiger partial charge is 0.493 e. The van der Waals surface area contributed by atoms with Crippen LogP contribution in [0.3, 0.4) is 0 Å². The van der Waals surface area contributed by atoms with Crippen LogP contribution in [0.1, 0.15) is 30.1 Å². The molecule has 2 amide bonds. The van der Waals surface area contributed by atoms with Crippen molar-refractivity contribution in [2.75, 3.05) is 18.5 Å². The van der Waals surface area contributed by atoms with Crippen molar-refractivity contribution in [3.63, 3.8) is 0 Å². The molecule has 0 radical (unpaired) electrons. The minimum atomic E-state index is -2.48. The lowest BCUT2D eigenvalue weighted by molar-refractivity contribution is -0.116. The number of benzene rings is 2. The standard InChI is InChI=1S/C20H22F2N2O3S/c1-2-27-17-7-4-3-6-16(17)19(26)23-13-5-8-18(25)24-14-9-11-15(12-10-14)28-20(21)22/h3-4,6-7,9-12,20H,2,5,8,13H2,1H3,(H,23,26)(H,24,25). The van der Waals surface area contributed by atoms with E-state index in [1.54, 1.807) is 36.4 Å². The van der Waals surface area contributed by atoms with E-state index in [-0.39, 0.29) is 18.2 Å². The van der Waals surface area contributed by atoms with Gasteiger partial charge in [-0.1, -0.05) is 23.9 Å². The van der Waals surface area contributed by atoms with Gasteiger partial charge in [-0.05, 0) is 49.7 Å². The van der Waals surface area contributed by atoms with Crippen molar-refractivity contribution in [1.29, 1.82) is 0 Å². The summed E-state index contributed by atoms with van der Waals surface area (Å²) < 4.78 is 30.0. The average Bonchev–Trinajstić information content (AvgIpc) is 2.67. The number of alkyl halides is 2. The molecule has 150 valence electrons. The molecule has 8 heteroatoms. The first-order chi connectivity index (χ1) is 13.5. The van der Waals surface area contributed by atoms with Crippen molar-refractivity contribution in [1.82, 2.24) is 5.32 Å². The van der Waals surface area contributed by atoms with Gasteiger partial charge < -0.3 is 15.4 Å². The Bertz CT molecular complexity index is 785. The smallest absolute Gasteiger partial charge is 0.288 e. The lowest BCUT2D eigenvalue weighted by Crippen LogP contribution is -2.26.